The largest absolute Gasteiger partial charge is 0.475 e. The van der Waals surface area contributed by atoms with E-state index in [4.69, 9.17) is 4.74 Å². The average molecular weight is 198 g/mol. The number of nitrogens with zero attached hydrogens (tertiary/aromatic N) is 2. The van der Waals surface area contributed by atoms with Gasteiger partial charge in [0.05, 0.1) is 6.10 Å². The minimum atomic E-state index is 0.156. The highest BCUT2D eigenvalue weighted by molar-refractivity contribution is 7.98. The van der Waals surface area contributed by atoms with Crippen LogP contribution in [0.25, 0.3) is 0 Å². The molecule has 0 N–H and O–H groups in total. The van der Waals surface area contributed by atoms with E-state index >= 15 is 0 Å². The van der Waals surface area contributed by atoms with Gasteiger partial charge in [-0.2, -0.15) is 4.98 Å². The molecule has 0 aliphatic carbocycles. The van der Waals surface area contributed by atoms with E-state index < -0.39 is 0 Å². The molecule has 1 heterocycles. The Morgan fingerprint density at radius 1 is 1.38 bits per heavy atom. The van der Waals surface area contributed by atoms with Crippen molar-refractivity contribution < 1.29 is 4.74 Å². The fraction of sp³-hybridized carbons (Fsp3) is 0.556. The van der Waals surface area contributed by atoms with Crippen LogP contribution in [-0.2, 0) is 0 Å². The van der Waals surface area contributed by atoms with Crippen molar-refractivity contribution in [1.82, 2.24) is 9.97 Å². The van der Waals surface area contributed by atoms with Crippen LogP contribution in [0.1, 0.15) is 19.5 Å². The molecule has 0 bridgehead atoms. The second-order valence-corrected chi connectivity index (χ2v) is 3.77. The highest BCUT2D eigenvalue weighted by Crippen LogP contribution is 2.16. The Balaban J connectivity index is 2.88. The molecular formula is C9H14N2OS. The van der Waals surface area contributed by atoms with Crippen LogP contribution < -0.4 is 4.74 Å². The summed E-state index contributed by atoms with van der Waals surface area (Å²) in [5.74, 6) is 0.659. The van der Waals surface area contributed by atoms with Gasteiger partial charge in [0.25, 0.3) is 0 Å². The molecule has 0 radical (unpaired) electrons. The van der Waals surface area contributed by atoms with E-state index in [1.54, 1.807) is 0 Å². The van der Waals surface area contributed by atoms with Crippen molar-refractivity contribution in [3.63, 3.8) is 0 Å². The highest BCUT2D eigenvalue weighted by Gasteiger charge is 2.03. The zero-order valence-corrected chi connectivity index (χ0v) is 9.18. The van der Waals surface area contributed by atoms with Gasteiger partial charge in [0.15, 0.2) is 5.16 Å². The molecule has 1 aromatic heterocycles. The van der Waals surface area contributed by atoms with Gasteiger partial charge in [-0.05, 0) is 27.0 Å². The number of rotatable bonds is 3. The normalized spacial score (nSPS) is 10.5. The van der Waals surface area contributed by atoms with Crippen molar-refractivity contribution in [2.75, 3.05) is 6.26 Å². The minimum Gasteiger partial charge on any atom is -0.475 e. The SMILES string of the molecule is CSc1nc(C)cc(OC(C)C)n1. The lowest BCUT2D eigenvalue weighted by molar-refractivity contribution is 0.230. The molecule has 0 saturated heterocycles. The van der Waals surface area contributed by atoms with Gasteiger partial charge in [0.1, 0.15) is 0 Å². The second kappa shape index (κ2) is 4.46. The first-order chi connectivity index (χ1) is 6.11. The summed E-state index contributed by atoms with van der Waals surface area (Å²) in [6.07, 6.45) is 2.11. The summed E-state index contributed by atoms with van der Waals surface area (Å²) in [6, 6.07) is 1.85. The third-order valence-corrected chi connectivity index (χ3v) is 1.90. The molecule has 0 fully saturated rings. The Morgan fingerprint density at radius 3 is 2.62 bits per heavy atom. The van der Waals surface area contributed by atoms with Crippen LogP contribution in [0.4, 0.5) is 0 Å². The fourth-order valence-electron chi connectivity index (χ4n) is 0.907. The van der Waals surface area contributed by atoms with Crippen LogP contribution in [-0.4, -0.2) is 22.3 Å². The van der Waals surface area contributed by atoms with Gasteiger partial charge in [0.2, 0.25) is 5.88 Å². The third kappa shape index (κ3) is 3.22. The molecule has 72 valence electrons. The Kier molecular flexibility index (Phi) is 3.54. The molecule has 1 aromatic rings. The quantitative estimate of drug-likeness (QED) is 0.551. The van der Waals surface area contributed by atoms with E-state index in [2.05, 4.69) is 9.97 Å². The van der Waals surface area contributed by atoms with Gasteiger partial charge in [-0.15, -0.1) is 0 Å². The van der Waals surface area contributed by atoms with E-state index in [0.29, 0.717) is 5.88 Å². The minimum absolute atomic E-state index is 0.156. The standard InChI is InChI=1S/C9H14N2OS/c1-6(2)12-8-5-7(3)10-9(11-8)13-4/h5-6H,1-4H3. The fourth-order valence-corrected chi connectivity index (χ4v) is 1.32. The van der Waals surface area contributed by atoms with Crippen LogP contribution >= 0.6 is 11.8 Å². The summed E-state index contributed by atoms with van der Waals surface area (Å²) in [5.41, 5.74) is 0.940. The number of aromatic nitrogens is 2. The first-order valence-electron chi connectivity index (χ1n) is 4.18. The van der Waals surface area contributed by atoms with Gasteiger partial charge < -0.3 is 4.74 Å². The summed E-state index contributed by atoms with van der Waals surface area (Å²) < 4.78 is 5.47. The number of hydrogen-bond acceptors (Lipinski definition) is 4. The molecular weight excluding hydrogens is 184 g/mol. The van der Waals surface area contributed by atoms with Crippen LogP contribution in [0.5, 0.6) is 5.88 Å². The second-order valence-electron chi connectivity index (χ2n) is 3.00. The average Bonchev–Trinajstić information content (AvgIpc) is 2.01. The maximum atomic E-state index is 5.47. The molecule has 0 atom stereocenters. The van der Waals surface area contributed by atoms with Crippen molar-refractivity contribution in [3.05, 3.63) is 11.8 Å². The number of hydrogen-bond donors (Lipinski definition) is 0. The molecule has 0 aliphatic rings. The Labute approximate surface area is 82.9 Å². The molecule has 0 amide bonds. The molecule has 0 aliphatic heterocycles. The zero-order valence-electron chi connectivity index (χ0n) is 8.37. The molecule has 1 rings (SSSR count). The molecule has 0 unspecified atom stereocenters. The van der Waals surface area contributed by atoms with Gasteiger partial charge >= 0.3 is 0 Å². The maximum Gasteiger partial charge on any atom is 0.217 e. The van der Waals surface area contributed by atoms with Crippen molar-refractivity contribution in [2.45, 2.75) is 32.0 Å². The Hall–Kier alpha value is -0.770. The summed E-state index contributed by atoms with van der Waals surface area (Å²) in [5, 5.41) is 0.760. The predicted octanol–water partition coefficient (Wildman–Crippen LogP) is 2.29. The van der Waals surface area contributed by atoms with Gasteiger partial charge in [-0.3, -0.25) is 0 Å². The number of ether oxygens (including phenoxy) is 1. The first-order valence-corrected chi connectivity index (χ1v) is 5.40. The van der Waals surface area contributed by atoms with Crippen LogP contribution in [0.2, 0.25) is 0 Å². The van der Waals surface area contributed by atoms with Crippen molar-refractivity contribution >= 4 is 11.8 Å². The van der Waals surface area contributed by atoms with Gasteiger partial charge in [-0.1, -0.05) is 11.8 Å². The lowest BCUT2D eigenvalue weighted by atomic mass is 10.4. The molecule has 0 saturated carbocycles. The smallest absolute Gasteiger partial charge is 0.217 e. The summed E-state index contributed by atoms with van der Waals surface area (Å²) in [6.45, 7) is 5.90. The molecule has 0 aromatic carbocycles. The van der Waals surface area contributed by atoms with Crippen molar-refractivity contribution in [1.29, 1.82) is 0 Å². The maximum absolute atomic E-state index is 5.47. The number of aryl methyl sites for hydroxylation is 1. The zero-order chi connectivity index (χ0) is 9.84. The third-order valence-electron chi connectivity index (χ3n) is 1.35. The van der Waals surface area contributed by atoms with E-state index in [9.17, 15) is 0 Å². The molecule has 13 heavy (non-hydrogen) atoms. The van der Waals surface area contributed by atoms with E-state index in [0.717, 1.165) is 10.9 Å². The van der Waals surface area contributed by atoms with E-state index in [-0.39, 0.29) is 6.10 Å². The van der Waals surface area contributed by atoms with E-state index in [1.165, 1.54) is 11.8 Å². The molecule has 0 spiro atoms. The lowest BCUT2D eigenvalue weighted by Gasteiger charge is -2.09. The van der Waals surface area contributed by atoms with Crippen molar-refractivity contribution in [3.8, 4) is 5.88 Å². The Bertz CT molecular complexity index is 289. The highest BCUT2D eigenvalue weighted by atomic mass is 32.2. The number of thioether (sulfide) groups is 1. The van der Waals surface area contributed by atoms with Gasteiger partial charge in [0, 0.05) is 11.8 Å². The lowest BCUT2D eigenvalue weighted by Crippen LogP contribution is -2.07. The van der Waals surface area contributed by atoms with Gasteiger partial charge in [-0.25, -0.2) is 4.98 Å². The molecule has 3 nitrogen and oxygen atoms in total. The van der Waals surface area contributed by atoms with E-state index in [1.807, 2.05) is 33.1 Å². The predicted molar refractivity (Wildman–Crippen MR) is 54.3 cm³/mol. The van der Waals surface area contributed by atoms with Crippen molar-refractivity contribution in [2.24, 2.45) is 0 Å². The van der Waals surface area contributed by atoms with Crippen LogP contribution in [0.15, 0.2) is 11.2 Å². The topological polar surface area (TPSA) is 35.0 Å². The monoisotopic (exact) mass is 198 g/mol. The van der Waals surface area contributed by atoms with Crippen LogP contribution in [0, 0.1) is 6.92 Å². The summed E-state index contributed by atoms with van der Waals surface area (Å²) in [4.78, 5) is 8.45. The first kappa shape index (κ1) is 10.3. The Morgan fingerprint density at radius 2 is 2.08 bits per heavy atom. The summed E-state index contributed by atoms with van der Waals surface area (Å²) >= 11 is 1.52. The molecule has 4 heteroatoms. The van der Waals surface area contributed by atoms with Crippen LogP contribution in [0.3, 0.4) is 0 Å². The summed E-state index contributed by atoms with van der Waals surface area (Å²) in [7, 11) is 0.